The van der Waals surface area contributed by atoms with Gasteiger partial charge in [0.05, 0.1) is 31.3 Å². The first kappa shape index (κ1) is 39.4. The second-order valence-electron chi connectivity index (χ2n) is 15.1. The average molecular weight is 705 g/mol. The molecular weight excluding hydrogens is 648 g/mol. The number of nitrogens with one attached hydrogen (secondary N) is 1. The number of amides is 2. The van der Waals surface area contributed by atoms with Gasteiger partial charge in [0.1, 0.15) is 35.7 Å². The number of methoxy groups -OCH3 is 1. The van der Waals surface area contributed by atoms with Gasteiger partial charge in [-0.3, -0.25) is 4.79 Å². The third-order valence-electron chi connectivity index (χ3n) is 9.75. The Morgan fingerprint density at radius 1 is 1.12 bits per heavy atom. The molecule has 1 N–H and O–H groups in total. The molecule has 1 saturated carbocycles. The van der Waals surface area contributed by atoms with E-state index in [0.717, 1.165) is 31.3 Å². The van der Waals surface area contributed by atoms with Gasteiger partial charge >= 0.3 is 12.1 Å². The van der Waals surface area contributed by atoms with Crippen molar-refractivity contribution in [2.75, 3.05) is 20.3 Å². The molecule has 51 heavy (non-hydrogen) atoms. The van der Waals surface area contributed by atoms with Crippen LogP contribution in [0.2, 0.25) is 0 Å². The van der Waals surface area contributed by atoms with E-state index in [9.17, 15) is 14.4 Å². The highest BCUT2D eigenvalue weighted by atomic mass is 16.6. The van der Waals surface area contributed by atoms with E-state index in [1.165, 1.54) is 4.90 Å². The number of fused-ring (bicyclic) bond motifs is 1. The molecule has 2 heterocycles. The Morgan fingerprint density at radius 2 is 1.86 bits per heavy atom. The number of hydrogen-bond donors (Lipinski definition) is 1. The van der Waals surface area contributed by atoms with Gasteiger partial charge in [-0.2, -0.15) is 0 Å². The van der Waals surface area contributed by atoms with Gasteiger partial charge < -0.3 is 29.2 Å². The Morgan fingerprint density at radius 3 is 2.49 bits per heavy atom. The molecule has 1 aromatic carbocycles. The molecule has 1 saturated heterocycles. The predicted octanol–water partition coefficient (Wildman–Crippen LogP) is 7.30. The molecular formula is C40H56N4O7. The van der Waals surface area contributed by atoms with Crippen LogP contribution in [-0.2, 0) is 19.1 Å². The Labute approximate surface area is 302 Å². The largest absolute Gasteiger partial charge is 0.497 e. The summed E-state index contributed by atoms with van der Waals surface area (Å²) >= 11 is 0. The first-order chi connectivity index (χ1) is 24.2. The lowest BCUT2D eigenvalue weighted by molar-refractivity contribution is -0.157. The van der Waals surface area contributed by atoms with Crippen LogP contribution in [0, 0.1) is 23.2 Å². The number of allylic oxidation sites excluding steroid dienone is 1. The molecule has 2 aromatic rings. The van der Waals surface area contributed by atoms with Gasteiger partial charge in [-0.1, -0.05) is 66.3 Å². The highest BCUT2D eigenvalue weighted by Crippen LogP contribution is 2.37. The zero-order chi connectivity index (χ0) is 37.5. The van der Waals surface area contributed by atoms with E-state index in [2.05, 4.69) is 30.0 Å². The number of nitrogens with zero attached hydrogens (tertiary/aromatic N) is 3. The van der Waals surface area contributed by atoms with Gasteiger partial charge in [-0.05, 0) is 68.1 Å². The minimum atomic E-state index is -1.01. The second-order valence-corrected chi connectivity index (χ2v) is 15.1. The molecule has 0 bridgehead atoms. The first-order valence-corrected chi connectivity index (χ1v) is 18.1. The number of rotatable bonds is 15. The fourth-order valence-electron chi connectivity index (χ4n) is 6.97. The van der Waals surface area contributed by atoms with Crippen molar-refractivity contribution in [1.82, 2.24) is 20.2 Å². The van der Waals surface area contributed by atoms with Gasteiger partial charge in [-0.15, -0.1) is 6.58 Å². The Hall–Kier alpha value is -4.41. The molecule has 11 heteroatoms. The van der Waals surface area contributed by atoms with Crippen molar-refractivity contribution in [1.29, 1.82) is 0 Å². The number of esters is 1. The summed E-state index contributed by atoms with van der Waals surface area (Å²) in [6.45, 7) is 23.6. The molecule has 1 aliphatic heterocycles. The number of aromatic nitrogens is 2. The second kappa shape index (κ2) is 17.2. The lowest BCUT2D eigenvalue weighted by Crippen LogP contribution is -2.57. The zero-order valence-corrected chi connectivity index (χ0v) is 31.4. The highest BCUT2D eigenvalue weighted by Gasteiger charge is 2.52. The van der Waals surface area contributed by atoms with Gasteiger partial charge in [-0.25, -0.2) is 19.6 Å². The maximum Gasteiger partial charge on any atom is 0.408 e. The number of hydrogen-bond acceptors (Lipinski definition) is 9. The van der Waals surface area contributed by atoms with Crippen molar-refractivity contribution < 1.29 is 33.3 Å². The molecule has 2 aliphatic rings. The Kier molecular flexibility index (Phi) is 13.3. The summed E-state index contributed by atoms with van der Waals surface area (Å²) in [5.74, 6) is -0.386. The topological polar surface area (TPSA) is 129 Å². The fraction of sp³-hybridized carbons (Fsp3) is 0.575. The van der Waals surface area contributed by atoms with Crippen LogP contribution in [0.25, 0.3) is 17.1 Å². The van der Waals surface area contributed by atoms with Crippen LogP contribution in [0.15, 0.2) is 49.6 Å². The number of ether oxygens (including phenoxy) is 4. The third kappa shape index (κ3) is 9.48. The van der Waals surface area contributed by atoms with Crippen molar-refractivity contribution in [2.24, 2.45) is 23.2 Å². The highest BCUT2D eigenvalue weighted by molar-refractivity contribution is 5.91. The van der Waals surface area contributed by atoms with Crippen LogP contribution in [0.1, 0.15) is 85.8 Å². The summed E-state index contributed by atoms with van der Waals surface area (Å²) in [6.07, 6.45) is 6.43. The zero-order valence-electron chi connectivity index (χ0n) is 31.4. The minimum absolute atomic E-state index is 0.0566. The van der Waals surface area contributed by atoms with Crippen molar-refractivity contribution >= 4 is 35.1 Å². The molecule has 1 aromatic heterocycles. The molecule has 4 rings (SSSR count). The van der Waals surface area contributed by atoms with Crippen molar-refractivity contribution in [2.45, 2.75) is 104 Å². The quantitative estimate of drug-likeness (QED) is 0.115. The molecule has 11 nitrogen and oxygen atoms in total. The van der Waals surface area contributed by atoms with Crippen LogP contribution < -0.4 is 14.8 Å². The number of carbonyl (C=O) groups excluding carboxylic acids is 3. The summed E-state index contributed by atoms with van der Waals surface area (Å²) in [7, 11) is 1.58. The Bertz CT molecular complexity index is 1600. The van der Waals surface area contributed by atoms with Gasteiger partial charge in [0.15, 0.2) is 0 Å². The summed E-state index contributed by atoms with van der Waals surface area (Å²) in [5, 5.41) is 2.88. The van der Waals surface area contributed by atoms with Crippen molar-refractivity contribution in [3.8, 4) is 11.6 Å². The van der Waals surface area contributed by atoms with E-state index >= 15 is 0 Å². The summed E-state index contributed by atoms with van der Waals surface area (Å²) in [4.78, 5) is 52.9. The van der Waals surface area contributed by atoms with Crippen LogP contribution in [-0.4, -0.2) is 77.4 Å². The number of alkyl carbamates (subject to hydrolysis) is 1. The molecule has 6 atom stereocenters. The van der Waals surface area contributed by atoms with E-state index in [1.54, 1.807) is 31.4 Å². The molecule has 0 unspecified atom stereocenters. The molecule has 2 fully saturated rings. The van der Waals surface area contributed by atoms with Crippen molar-refractivity contribution in [3.63, 3.8) is 0 Å². The van der Waals surface area contributed by atoms with Crippen LogP contribution >= 0.6 is 0 Å². The van der Waals surface area contributed by atoms with E-state index in [4.69, 9.17) is 23.9 Å². The van der Waals surface area contributed by atoms with Crippen LogP contribution in [0.3, 0.4) is 0 Å². The molecule has 0 spiro atoms. The van der Waals surface area contributed by atoms with E-state index in [-0.39, 0.29) is 37.0 Å². The van der Waals surface area contributed by atoms with Gasteiger partial charge in [0.25, 0.3) is 0 Å². The van der Waals surface area contributed by atoms with E-state index < -0.39 is 47.5 Å². The number of carbonyl (C=O) groups is 3. The van der Waals surface area contributed by atoms with Gasteiger partial charge in [0.2, 0.25) is 11.8 Å². The number of likely N-dealkylation sites (tertiary alicyclic amines) is 1. The third-order valence-corrected chi connectivity index (χ3v) is 9.75. The van der Waals surface area contributed by atoms with E-state index in [1.807, 2.05) is 47.6 Å². The molecule has 2 amide bonds. The number of unbranched alkanes of at least 4 members (excludes halogenated alkanes) is 1. The SMILES string of the molecule is C=CCCC[C@@H]1C(=C)CC[C@H]1OC(=O)N[C@H](C(=O)N1C[C@H](Oc2nc3cc(OC)ccc3nc2C=C)[C@@H](CC)[C@H]1C(=O)OCC(C)C)C(C)(C)C. The molecule has 0 radical (unpaired) electrons. The average Bonchev–Trinajstić information content (AvgIpc) is 3.63. The lowest BCUT2D eigenvalue weighted by Gasteiger charge is -2.35. The fourth-order valence-corrected chi connectivity index (χ4v) is 6.97. The lowest BCUT2D eigenvalue weighted by atomic mass is 9.85. The van der Waals surface area contributed by atoms with Crippen molar-refractivity contribution in [3.05, 3.63) is 55.3 Å². The smallest absolute Gasteiger partial charge is 0.408 e. The minimum Gasteiger partial charge on any atom is -0.497 e. The Balaban J connectivity index is 1.63. The monoisotopic (exact) mass is 704 g/mol. The standard InChI is InChI=1S/C40H56N4O7/c1-11-14-15-16-28-25(6)17-20-32(28)51-39(47)43-35(40(7,8)9)37(45)44-22-33(27(12-2)34(44)38(46)49-23-24(4)5)50-36-29(13-3)41-30-19-18-26(48-10)21-31(30)42-36/h11,13,18-19,21,24,27-28,32-35H,1,3,6,12,14-17,20,22-23H2,2,4-5,7-10H3,(H,43,47)/t27-,28-,32-,33+,34+,35-/m1/s1. The predicted molar refractivity (Wildman–Crippen MR) is 198 cm³/mol. The maximum atomic E-state index is 14.6. The molecule has 1 aliphatic carbocycles. The normalized spacial score (nSPS) is 22.5. The first-order valence-electron chi connectivity index (χ1n) is 18.1. The molecule has 278 valence electrons. The van der Waals surface area contributed by atoms with Crippen LogP contribution in [0.5, 0.6) is 11.6 Å². The number of benzene rings is 1. The summed E-state index contributed by atoms with van der Waals surface area (Å²) in [6, 6.07) is 3.40. The summed E-state index contributed by atoms with van der Waals surface area (Å²) < 4.78 is 23.6. The summed E-state index contributed by atoms with van der Waals surface area (Å²) in [5.41, 5.74) is 1.97. The van der Waals surface area contributed by atoms with E-state index in [0.29, 0.717) is 35.3 Å². The van der Waals surface area contributed by atoms with Crippen LogP contribution in [0.4, 0.5) is 4.79 Å². The maximum absolute atomic E-state index is 14.6. The van der Waals surface area contributed by atoms with Gasteiger partial charge in [0, 0.05) is 17.9 Å².